The van der Waals surface area contributed by atoms with Crippen molar-refractivity contribution in [1.82, 2.24) is 5.32 Å². The van der Waals surface area contributed by atoms with Crippen LogP contribution in [0, 0.1) is 0 Å². The molecule has 1 amide bonds. The maximum atomic E-state index is 11.2. The van der Waals surface area contributed by atoms with E-state index in [1.165, 1.54) is 11.3 Å². The molecule has 1 aromatic heterocycles. The number of hydrogen-bond donors (Lipinski definition) is 1. The highest BCUT2D eigenvalue weighted by molar-refractivity contribution is 9.11. The summed E-state index contributed by atoms with van der Waals surface area (Å²) in [4.78, 5) is 11.2. The van der Waals surface area contributed by atoms with Gasteiger partial charge in [0, 0.05) is 22.0 Å². The Morgan fingerprint density at radius 1 is 1.75 bits per heavy atom. The summed E-state index contributed by atoms with van der Waals surface area (Å²) in [6.45, 7) is 4.08. The standard InChI is InChI=1S/C8H8BrNOS/c1-6(9)4-10-8(11)7-2-3-12-5-7/h2-3,5H,1,4H2,(H,10,11). The van der Waals surface area contributed by atoms with Crippen LogP contribution in [0.3, 0.4) is 0 Å². The second kappa shape index (κ2) is 4.42. The molecule has 0 aliphatic rings. The van der Waals surface area contributed by atoms with Gasteiger partial charge >= 0.3 is 0 Å². The van der Waals surface area contributed by atoms with Crippen molar-refractivity contribution >= 4 is 33.2 Å². The molecular weight excluding hydrogens is 238 g/mol. The van der Waals surface area contributed by atoms with Gasteiger partial charge < -0.3 is 5.32 Å². The molecule has 1 aromatic rings. The topological polar surface area (TPSA) is 29.1 Å². The summed E-state index contributed by atoms with van der Waals surface area (Å²) in [7, 11) is 0. The molecule has 64 valence electrons. The van der Waals surface area contributed by atoms with E-state index in [9.17, 15) is 4.79 Å². The molecule has 0 saturated carbocycles. The summed E-state index contributed by atoms with van der Waals surface area (Å²) >= 11 is 4.67. The molecule has 0 saturated heterocycles. The molecule has 0 atom stereocenters. The number of hydrogen-bond acceptors (Lipinski definition) is 2. The van der Waals surface area contributed by atoms with E-state index >= 15 is 0 Å². The molecule has 12 heavy (non-hydrogen) atoms. The number of amides is 1. The summed E-state index contributed by atoms with van der Waals surface area (Å²) in [6, 6.07) is 1.79. The minimum absolute atomic E-state index is 0.0585. The van der Waals surface area contributed by atoms with Crippen LogP contribution < -0.4 is 5.32 Å². The van der Waals surface area contributed by atoms with Crippen molar-refractivity contribution in [1.29, 1.82) is 0 Å². The minimum Gasteiger partial charge on any atom is -0.347 e. The molecular formula is C8H8BrNOS. The highest BCUT2D eigenvalue weighted by atomic mass is 79.9. The van der Waals surface area contributed by atoms with E-state index in [-0.39, 0.29) is 5.91 Å². The van der Waals surface area contributed by atoms with Gasteiger partial charge in [0.1, 0.15) is 0 Å². The van der Waals surface area contributed by atoms with Gasteiger partial charge in [-0.1, -0.05) is 22.5 Å². The normalized spacial score (nSPS) is 9.42. The zero-order valence-corrected chi connectivity index (χ0v) is 8.74. The zero-order valence-electron chi connectivity index (χ0n) is 6.34. The average molecular weight is 246 g/mol. The number of nitrogens with one attached hydrogen (secondary N) is 1. The second-order valence-electron chi connectivity index (χ2n) is 2.21. The van der Waals surface area contributed by atoms with Gasteiger partial charge in [-0.25, -0.2) is 0 Å². The van der Waals surface area contributed by atoms with Crippen LogP contribution in [0.15, 0.2) is 27.9 Å². The molecule has 0 spiro atoms. The van der Waals surface area contributed by atoms with Gasteiger partial charge in [0.05, 0.1) is 0 Å². The van der Waals surface area contributed by atoms with E-state index in [2.05, 4.69) is 27.8 Å². The molecule has 1 rings (SSSR count). The Morgan fingerprint density at radius 3 is 3.00 bits per heavy atom. The lowest BCUT2D eigenvalue weighted by atomic mass is 10.3. The molecule has 0 aliphatic heterocycles. The van der Waals surface area contributed by atoms with E-state index in [4.69, 9.17) is 0 Å². The SMILES string of the molecule is C=C(Br)CNC(=O)c1ccsc1. The van der Waals surface area contributed by atoms with Gasteiger partial charge in [0.2, 0.25) is 0 Å². The summed E-state index contributed by atoms with van der Waals surface area (Å²) in [5, 5.41) is 6.39. The van der Waals surface area contributed by atoms with Gasteiger partial charge in [0.25, 0.3) is 5.91 Å². The van der Waals surface area contributed by atoms with Gasteiger partial charge in [-0.3, -0.25) is 4.79 Å². The third-order valence-corrected chi connectivity index (χ3v) is 2.19. The Balaban J connectivity index is 2.45. The molecule has 0 aliphatic carbocycles. The summed E-state index contributed by atoms with van der Waals surface area (Å²) in [5.74, 6) is -0.0585. The minimum atomic E-state index is -0.0585. The van der Waals surface area contributed by atoms with Crippen LogP contribution in [-0.4, -0.2) is 12.5 Å². The number of halogens is 1. The van der Waals surface area contributed by atoms with Crippen molar-refractivity contribution in [3.05, 3.63) is 33.5 Å². The number of thiophene rings is 1. The highest BCUT2D eigenvalue weighted by Crippen LogP contribution is 2.05. The Labute approximate surface area is 83.4 Å². The van der Waals surface area contributed by atoms with Gasteiger partial charge in [-0.15, -0.1) is 0 Å². The molecule has 0 radical (unpaired) electrons. The first-order valence-electron chi connectivity index (χ1n) is 3.34. The highest BCUT2D eigenvalue weighted by Gasteiger charge is 2.03. The lowest BCUT2D eigenvalue weighted by Crippen LogP contribution is -2.23. The summed E-state index contributed by atoms with van der Waals surface area (Å²) in [5.41, 5.74) is 0.703. The van der Waals surface area contributed by atoms with Gasteiger partial charge in [0.15, 0.2) is 0 Å². The predicted molar refractivity (Wildman–Crippen MR) is 54.7 cm³/mol. The van der Waals surface area contributed by atoms with Crippen LogP contribution in [-0.2, 0) is 0 Å². The third-order valence-electron chi connectivity index (χ3n) is 1.22. The maximum absolute atomic E-state index is 11.2. The molecule has 1 N–H and O–H groups in total. The fourth-order valence-corrected chi connectivity index (χ4v) is 1.45. The van der Waals surface area contributed by atoms with E-state index in [1.54, 1.807) is 6.07 Å². The molecule has 0 aromatic carbocycles. The first-order chi connectivity index (χ1) is 5.70. The maximum Gasteiger partial charge on any atom is 0.252 e. The van der Waals surface area contributed by atoms with Crippen molar-refractivity contribution < 1.29 is 4.79 Å². The molecule has 0 fully saturated rings. The molecule has 4 heteroatoms. The number of carbonyl (C=O) groups is 1. The van der Waals surface area contributed by atoms with Crippen LogP contribution in [0.1, 0.15) is 10.4 Å². The van der Waals surface area contributed by atoms with E-state index in [0.29, 0.717) is 12.1 Å². The Morgan fingerprint density at radius 2 is 2.50 bits per heavy atom. The average Bonchev–Trinajstić information content (AvgIpc) is 2.51. The van der Waals surface area contributed by atoms with Crippen molar-refractivity contribution in [2.45, 2.75) is 0 Å². The van der Waals surface area contributed by atoms with Crippen LogP contribution >= 0.6 is 27.3 Å². The van der Waals surface area contributed by atoms with E-state index in [0.717, 1.165) is 4.48 Å². The lowest BCUT2D eigenvalue weighted by Gasteiger charge is -2.00. The fourth-order valence-electron chi connectivity index (χ4n) is 0.672. The quantitative estimate of drug-likeness (QED) is 0.871. The van der Waals surface area contributed by atoms with Crippen molar-refractivity contribution in [3.63, 3.8) is 0 Å². The van der Waals surface area contributed by atoms with Gasteiger partial charge in [-0.05, 0) is 11.4 Å². The molecule has 0 unspecified atom stereocenters. The first kappa shape index (κ1) is 9.48. The molecule has 1 heterocycles. The first-order valence-corrected chi connectivity index (χ1v) is 5.07. The third kappa shape index (κ3) is 2.79. The lowest BCUT2D eigenvalue weighted by molar-refractivity contribution is 0.0958. The van der Waals surface area contributed by atoms with E-state index < -0.39 is 0 Å². The summed E-state index contributed by atoms with van der Waals surface area (Å²) < 4.78 is 0.770. The monoisotopic (exact) mass is 245 g/mol. The van der Waals surface area contributed by atoms with Gasteiger partial charge in [-0.2, -0.15) is 11.3 Å². The molecule has 0 bridgehead atoms. The number of rotatable bonds is 3. The van der Waals surface area contributed by atoms with E-state index in [1.807, 2.05) is 10.8 Å². The van der Waals surface area contributed by atoms with Crippen LogP contribution in [0.2, 0.25) is 0 Å². The van der Waals surface area contributed by atoms with Crippen molar-refractivity contribution in [3.8, 4) is 0 Å². The largest absolute Gasteiger partial charge is 0.347 e. The zero-order chi connectivity index (χ0) is 8.97. The number of carbonyl (C=O) groups excluding carboxylic acids is 1. The Bertz CT molecular complexity index is 281. The van der Waals surface area contributed by atoms with Crippen LogP contribution in [0.25, 0.3) is 0 Å². The predicted octanol–water partition coefficient (Wildman–Crippen LogP) is 2.39. The van der Waals surface area contributed by atoms with Crippen LogP contribution in [0.5, 0.6) is 0 Å². The van der Waals surface area contributed by atoms with Crippen molar-refractivity contribution in [2.75, 3.05) is 6.54 Å². The fraction of sp³-hybridized carbons (Fsp3) is 0.125. The smallest absolute Gasteiger partial charge is 0.252 e. The summed E-state index contributed by atoms with van der Waals surface area (Å²) in [6.07, 6.45) is 0. The Kier molecular flexibility index (Phi) is 3.49. The Hall–Kier alpha value is -0.610. The molecule has 2 nitrogen and oxygen atoms in total. The second-order valence-corrected chi connectivity index (χ2v) is 4.11. The van der Waals surface area contributed by atoms with Crippen LogP contribution in [0.4, 0.5) is 0 Å². The van der Waals surface area contributed by atoms with Crippen molar-refractivity contribution in [2.24, 2.45) is 0 Å².